The lowest BCUT2D eigenvalue weighted by molar-refractivity contribution is -0.116. The Labute approximate surface area is 191 Å². The minimum Gasteiger partial charge on any atom is -0.497 e. The molecular weight excluding hydrogens is 412 g/mol. The van der Waals surface area contributed by atoms with Crippen molar-refractivity contribution in [2.24, 2.45) is 0 Å². The maximum absolute atomic E-state index is 12.9. The number of fused-ring (bicyclic) bond motifs is 3. The van der Waals surface area contributed by atoms with Crippen LogP contribution in [0.1, 0.15) is 12.5 Å². The number of pyridine rings is 1. The van der Waals surface area contributed by atoms with Crippen LogP contribution in [-0.2, 0) is 17.8 Å². The van der Waals surface area contributed by atoms with Crippen LogP contribution in [0.2, 0.25) is 0 Å². The molecule has 0 aliphatic carbocycles. The summed E-state index contributed by atoms with van der Waals surface area (Å²) < 4.78 is 7.22. The Bertz CT molecular complexity index is 1440. The van der Waals surface area contributed by atoms with E-state index < -0.39 is 0 Å². The second-order valence-corrected chi connectivity index (χ2v) is 7.87. The van der Waals surface area contributed by atoms with Crippen molar-refractivity contribution in [2.75, 3.05) is 12.4 Å². The number of hydrogen-bond acceptors (Lipinski definition) is 4. The van der Waals surface area contributed by atoms with Gasteiger partial charge in [0.2, 0.25) is 5.91 Å². The van der Waals surface area contributed by atoms with Gasteiger partial charge in [0.1, 0.15) is 18.0 Å². The summed E-state index contributed by atoms with van der Waals surface area (Å²) in [7, 11) is 1.64. The number of para-hydroxylation sites is 1. The van der Waals surface area contributed by atoms with Crippen molar-refractivity contribution in [3.8, 4) is 17.0 Å². The third kappa shape index (κ3) is 4.03. The van der Waals surface area contributed by atoms with Gasteiger partial charge < -0.3 is 10.1 Å². The van der Waals surface area contributed by atoms with E-state index >= 15 is 0 Å². The van der Waals surface area contributed by atoms with Gasteiger partial charge in [-0.05, 0) is 42.3 Å². The first kappa shape index (κ1) is 20.7. The third-order valence-electron chi connectivity index (χ3n) is 5.77. The van der Waals surface area contributed by atoms with E-state index in [1.165, 1.54) is 5.56 Å². The molecule has 0 saturated heterocycles. The molecule has 0 saturated carbocycles. The summed E-state index contributed by atoms with van der Waals surface area (Å²) in [5.41, 5.74) is 5.49. The second kappa shape index (κ2) is 8.74. The second-order valence-electron chi connectivity index (χ2n) is 7.87. The van der Waals surface area contributed by atoms with Gasteiger partial charge in [-0.3, -0.25) is 14.5 Å². The minimum atomic E-state index is -0.147. The zero-order chi connectivity index (χ0) is 22.8. The molecule has 2 heterocycles. The Hall–Kier alpha value is -4.19. The summed E-state index contributed by atoms with van der Waals surface area (Å²) in [5, 5.41) is 9.61. The van der Waals surface area contributed by atoms with Crippen molar-refractivity contribution in [2.45, 2.75) is 19.9 Å². The number of hydrogen-bond donors (Lipinski definition) is 1. The predicted molar refractivity (Wildman–Crippen MR) is 131 cm³/mol. The molecule has 3 aromatic carbocycles. The summed E-state index contributed by atoms with van der Waals surface area (Å²) >= 11 is 0. The van der Waals surface area contributed by atoms with E-state index in [0.29, 0.717) is 0 Å². The highest BCUT2D eigenvalue weighted by molar-refractivity contribution is 6.09. The van der Waals surface area contributed by atoms with Crippen molar-refractivity contribution in [3.05, 3.63) is 84.6 Å². The third-order valence-corrected chi connectivity index (χ3v) is 5.77. The number of ether oxygens (including phenoxy) is 1. The van der Waals surface area contributed by atoms with Crippen LogP contribution < -0.4 is 10.1 Å². The number of anilines is 1. The molecule has 164 valence electrons. The van der Waals surface area contributed by atoms with E-state index in [0.717, 1.165) is 50.9 Å². The van der Waals surface area contributed by atoms with Gasteiger partial charge in [-0.15, -0.1) is 0 Å². The lowest BCUT2D eigenvalue weighted by Gasteiger charge is -2.08. The van der Waals surface area contributed by atoms with Gasteiger partial charge >= 0.3 is 0 Å². The van der Waals surface area contributed by atoms with Crippen molar-refractivity contribution < 1.29 is 9.53 Å². The van der Waals surface area contributed by atoms with Gasteiger partial charge in [0.15, 0.2) is 0 Å². The Kier molecular flexibility index (Phi) is 5.48. The number of aryl methyl sites for hydroxylation is 1. The van der Waals surface area contributed by atoms with E-state index in [1.807, 2.05) is 54.7 Å². The van der Waals surface area contributed by atoms with E-state index in [1.54, 1.807) is 11.8 Å². The zero-order valence-electron chi connectivity index (χ0n) is 18.6. The fraction of sp³-hybridized carbons (Fsp3) is 0.148. The maximum atomic E-state index is 12.9. The molecule has 0 aliphatic rings. The largest absolute Gasteiger partial charge is 0.497 e. The van der Waals surface area contributed by atoms with Crippen molar-refractivity contribution in [1.82, 2.24) is 14.8 Å². The molecule has 0 bridgehead atoms. The average molecular weight is 437 g/mol. The molecule has 0 aliphatic heterocycles. The highest BCUT2D eigenvalue weighted by atomic mass is 16.5. The number of nitrogens with one attached hydrogen (secondary N) is 1. The monoisotopic (exact) mass is 436 g/mol. The SMILES string of the molecule is CCc1ccc(-c2nn(CC(=O)Nc3ccccc3)c3c2cnc2ccc(OC)cc23)cc1. The van der Waals surface area contributed by atoms with Gasteiger partial charge in [0.05, 0.1) is 18.1 Å². The quantitative estimate of drug-likeness (QED) is 0.384. The molecule has 0 unspecified atom stereocenters. The van der Waals surface area contributed by atoms with Crippen LogP contribution >= 0.6 is 0 Å². The summed E-state index contributed by atoms with van der Waals surface area (Å²) in [6.45, 7) is 2.21. The molecule has 0 spiro atoms. The van der Waals surface area contributed by atoms with Crippen LogP contribution in [0.5, 0.6) is 5.75 Å². The Morgan fingerprint density at radius 3 is 2.52 bits per heavy atom. The smallest absolute Gasteiger partial charge is 0.246 e. The van der Waals surface area contributed by atoms with Gasteiger partial charge in [-0.25, -0.2) is 0 Å². The van der Waals surface area contributed by atoms with Crippen molar-refractivity contribution in [1.29, 1.82) is 0 Å². The van der Waals surface area contributed by atoms with Gasteiger partial charge in [0, 0.05) is 28.2 Å². The minimum absolute atomic E-state index is 0.0781. The molecule has 0 fully saturated rings. The molecule has 0 atom stereocenters. The van der Waals surface area contributed by atoms with Crippen LogP contribution in [0.15, 0.2) is 79.0 Å². The van der Waals surface area contributed by atoms with E-state index in [-0.39, 0.29) is 12.5 Å². The van der Waals surface area contributed by atoms with Gasteiger partial charge in [-0.1, -0.05) is 49.4 Å². The fourth-order valence-corrected chi connectivity index (χ4v) is 4.04. The highest BCUT2D eigenvalue weighted by Crippen LogP contribution is 2.33. The Morgan fingerprint density at radius 2 is 1.79 bits per heavy atom. The highest BCUT2D eigenvalue weighted by Gasteiger charge is 2.18. The molecule has 1 amide bonds. The number of nitrogens with zero attached hydrogens (tertiary/aromatic N) is 3. The summed E-state index contributed by atoms with van der Waals surface area (Å²) in [6, 6.07) is 23.5. The van der Waals surface area contributed by atoms with Crippen LogP contribution in [-0.4, -0.2) is 27.8 Å². The molecular formula is C27H24N4O2. The first-order valence-corrected chi connectivity index (χ1v) is 10.9. The molecule has 2 aromatic heterocycles. The molecule has 6 heteroatoms. The molecule has 5 rings (SSSR count). The molecule has 1 N–H and O–H groups in total. The number of rotatable bonds is 6. The fourth-order valence-electron chi connectivity index (χ4n) is 4.04. The molecule has 6 nitrogen and oxygen atoms in total. The van der Waals surface area contributed by atoms with Crippen LogP contribution in [0.3, 0.4) is 0 Å². The van der Waals surface area contributed by atoms with Crippen LogP contribution in [0.25, 0.3) is 33.1 Å². The average Bonchev–Trinajstić information content (AvgIpc) is 3.22. The number of carbonyl (C=O) groups excluding carboxylic acids is 1. The summed E-state index contributed by atoms with van der Waals surface area (Å²) in [4.78, 5) is 17.6. The van der Waals surface area contributed by atoms with E-state index in [9.17, 15) is 4.79 Å². The standard InChI is InChI=1S/C27H24N4O2/c1-3-18-9-11-19(12-10-18)26-23-16-28-24-14-13-21(33-2)15-22(24)27(23)31(30-26)17-25(32)29-20-7-5-4-6-8-20/h4-16H,3,17H2,1-2H3,(H,29,32). The lowest BCUT2D eigenvalue weighted by atomic mass is 10.0. The number of methoxy groups -OCH3 is 1. The number of carbonyl (C=O) groups is 1. The number of amides is 1. The van der Waals surface area contributed by atoms with Gasteiger partial charge in [-0.2, -0.15) is 5.10 Å². The Morgan fingerprint density at radius 1 is 1.00 bits per heavy atom. The normalized spacial score (nSPS) is 11.1. The Balaban J connectivity index is 1.65. The lowest BCUT2D eigenvalue weighted by Crippen LogP contribution is -2.19. The zero-order valence-corrected chi connectivity index (χ0v) is 18.6. The number of benzene rings is 3. The van der Waals surface area contributed by atoms with E-state index in [4.69, 9.17) is 9.84 Å². The summed E-state index contributed by atoms with van der Waals surface area (Å²) in [6.07, 6.45) is 2.81. The number of aromatic nitrogens is 3. The van der Waals surface area contributed by atoms with E-state index in [2.05, 4.69) is 41.5 Å². The van der Waals surface area contributed by atoms with Crippen molar-refractivity contribution >= 4 is 33.4 Å². The maximum Gasteiger partial charge on any atom is 0.246 e. The molecule has 0 radical (unpaired) electrons. The van der Waals surface area contributed by atoms with Gasteiger partial charge in [0.25, 0.3) is 0 Å². The van der Waals surface area contributed by atoms with Crippen molar-refractivity contribution in [3.63, 3.8) is 0 Å². The molecule has 5 aromatic rings. The first-order chi connectivity index (χ1) is 16.2. The molecule has 33 heavy (non-hydrogen) atoms. The van der Waals surface area contributed by atoms with Crippen LogP contribution in [0.4, 0.5) is 5.69 Å². The first-order valence-electron chi connectivity index (χ1n) is 10.9. The van der Waals surface area contributed by atoms with Crippen LogP contribution in [0, 0.1) is 0 Å². The predicted octanol–water partition coefficient (Wildman–Crippen LogP) is 5.46. The summed E-state index contributed by atoms with van der Waals surface area (Å²) in [5.74, 6) is 0.582. The topological polar surface area (TPSA) is 69.0 Å².